The number of nitrogens with one attached hydrogen (secondary N) is 1. The molecule has 1 aliphatic rings. The number of hydrogen-bond acceptors (Lipinski definition) is 1. The lowest BCUT2D eigenvalue weighted by molar-refractivity contribution is -0.145. The number of benzene rings is 1. The summed E-state index contributed by atoms with van der Waals surface area (Å²) in [5.74, 6) is -4.48. The molecule has 1 aliphatic carbocycles. The van der Waals surface area contributed by atoms with Crippen molar-refractivity contribution in [1.82, 2.24) is 0 Å². The number of amides is 1. The van der Waals surface area contributed by atoms with Gasteiger partial charge < -0.3 is 5.32 Å². The van der Waals surface area contributed by atoms with Crippen LogP contribution >= 0.6 is 11.6 Å². The summed E-state index contributed by atoms with van der Waals surface area (Å²) in [5, 5.41) is 2.45. The number of hydrogen-bond donors (Lipinski definition) is 1. The van der Waals surface area contributed by atoms with E-state index in [2.05, 4.69) is 5.32 Å². The lowest BCUT2D eigenvalue weighted by atomic mass is 9.81. The van der Waals surface area contributed by atoms with Gasteiger partial charge in [0.05, 0.1) is 10.7 Å². The Morgan fingerprint density at radius 3 is 2.59 bits per heavy atom. The number of carbonyl (C=O) groups excluding carboxylic acids is 1. The second kappa shape index (κ2) is 4.22. The summed E-state index contributed by atoms with van der Waals surface area (Å²) >= 11 is 5.69. The quantitative estimate of drug-likeness (QED) is 0.870. The Hall–Kier alpha value is -1.23. The predicted molar refractivity (Wildman–Crippen MR) is 57.7 cm³/mol. The van der Waals surface area contributed by atoms with Gasteiger partial charge in [-0.15, -0.1) is 0 Å². The Morgan fingerprint density at radius 2 is 2.06 bits per heavy atom. The average molecular weight is 264 g/mol. The summed E-state index contributed by atoms with van der Waals surface area (Å²) in [7, 11) is 0. The molecule has 0 heterocycles. The maximum Gasteiger partial charge on any atom is 0.249 e. The Morgan fingerprint density at radius 1 is 1.41 bits per heavy atom. The fraction of sp³-hybridized carbons (Fsp3) is 0.364. The molecule has 1 N–H and O–H groups in total. The molecule has 1 saturated carbocycles. The molecule has 2 nitrogen and oxygen atoms in total. The fourth-order valence-electron chi connectivity index (χ4n) is 1.67. The van der Waals surface area contributed by atoms with E-state index in [0.29, 0.717) is 0 Å². The highest BCUT2D eigenvalue weighted by atomic mass is 35.5. The van der Waals surface area contributed by atoms with Gasteiger partial charge in [-0.1, -0.05) is 11.6 Å². The molecule has 0 unspecified atom stereocenters. The number of carbonyl (C=O) groups is 1. The van der Waals surface area contributed by atoms with Crippen molar-refractivity contribution < 1.29 is 18.0 Å². The molecule has 1 aromatic carbocycles. The van der Waals surface area contributed by atoms with Gasteiger partial charge in [-0.3, -0.25) is 4.79 Å². The molecular formula is C11H9ClF3NO. The van der Waals surface area contributed by atoms with Crippen LogP contribution in [0.25, 0.3) is 0 Å². The van der Waals surface area contributed by atoms with Gasteiger partial charge in [0.25, 0.3) is 0 Å². The Balaban J connectivity index is 2.00. The monoisotopic (exact) mass is 263 g/mol. The van der Waals surface area contributed by atoms with Crippen molar-refractivity contribution >= 4 is 23.2 Å². The summed E-state index contributed by atoms with van der Waals surface area (Å²) in [6, 6.07) is 3.48. The molecule has 0 saturated heterocycles. The SMILES string of the molecule is O=C(Nc1ccc(F)cc1Cl)C1CC(F)(F)C1. The molecule has 92 valence electrons. The summed E-state index contributed by atoms with van der Waals surface area (Å²) in [5.41, 5.74) is 0.230. The molecule has 1 aromatic rings. The molecule has 1 fully saturated rings. The van der Waals surface area contributed by atoms with Gasteiger partial charge in [-0.25, -0.2) is 13.2 Å². The zero-order chi connectivity index (χ0) is 12.6. The van der Waals surface area contributed by atoms with E-state index in [4.69, 9.17) is 11.6 Å². The first-order valence-electron chi connectivity index (χ1n) is 5.01. The van der Waals surface area contributed by atoms with Gasteiger partial charge in [-0.05, 0) is 18.2 Å². The van der Waals surface area contributed by atoms with Crippen molar-refractivity contribution in [2.75, 3.05) is 5.32 Å². The lowest BCUT2D eigenvalue weighted by Gasteiger charge is -2.33. The van der Waals surface area contributed by atoms with Crippen molar-refractivity contribution in [2.24, 2.45) is 5.92 Å². The van der Waals surface area contributed by atoms with Crippen molar-refractivity contribution in [3.05, 3.63) is 29.0 Å². The van der Waals surface area contributed by atoms with Crippen LogP contribution in [0.15, 0.2) is 18.2 Å². The third-order valence-corrected chi connectivity index (χ3v) is 2.96. The topological polar surface area (TPSA) is 29.1 Å². The van der Waals surface area contributed by atoms with E-state index in [0.717, 1.165) is 12.1 Å². The number of rotatable bonds is 2. The van der Waals surface area contributed by atoms with Crippen LogP contribution in [0.4, 0.5) is 18.9 Å². The molecule has 1 amide bonds. The highest BCUT2D eigenvalue weighted by molar-refractivity contribution is 6.33. The van der Waals surface area contributed by atoms with Crippen LogP contribution in [0.2, 0.25) is 5.02 Å². The third-order valence-electron chi connectivity index (χ3n) is 2.65. The van der Waals surface area contributed by atoms with Gasteiger partial charge in [0.15, 0.2) is 0 Å². The van der Waals surface area contributed by atoms with Crippen LogP contribution in [0.1, 0.15) is 12.8 Å². The van der Waals surface area contributed by atoms with Crippen molar-refractivity contribution in [1.29, 1.82) is 0 Å². The molecule has 0 spiro atoms. The minimum Gasteiger partial charge on any atom is -0.325 e. The minimum absolute atomic E-state index is 0.0458. The highest BCUT2D eigenvalue weighted by Crippen LogP contribution is 2.43. The van der Waals surface area contributed by atoms with E-state index in [-0.39, 0.29) is 10.7 Å². The van der Waals surface area contributed by atoms with E-state index in [1.807, 2.05) is 0 Å². The number of alkyl halides is 2. The average Bonchev–Trinajstić information content (AvgIpc) is 2.18. The Kier molecular flexibility index (Phi) is 3.03. The second-order valence-corrected chi connectivity index (χ2v) is 4.48. The molecule has 17 heavy (non-hydrogen) atoms. The Labute approximate surface area is 101 Å². The van der Waals surface area contributed by atoms with Crippen LogP contribution in [-0.2, 0) is 4.79 Å². The van der Waals surface area contributed by atoms with E-state index in [1.165, 1.54) is 6.07 Å². The normalized spacial score (nSPS) is 18.6. The maximum absolute atomic E-state index is 12.7. The summed E-state index contributed by atoms with van der Waals surface area (Å²) in [4.78, 5) is 11.5. The van der Waals surface area contributed by atoms with Gasteiger partial charge in [-0.2, -0.15) is 0 Å². The van der Waals surface area contributed by atoms with Crippen molar-refractivity contribution in [3.8, 4) is 0 Å². The third kappa shape index (κ3) is 2.72. The molecule has 0 bridgehead atoms. The Bertz CT molecular complexity index is 456. The molecular weight excluding hydrogens is 255 g/mol. The van der Waals surface area contributed by atoms with Crippen LogP contribution in [0.5, 0.6) is 0 Å². The predicted octanol–water partition coefficient (Wildman–Crippen LogP) is 3.46. The number of halogens is 4. The fourth-order valence-corrected chi connectivity index (χ4v) is 1.89. The summed E-state index contributed by atoms with van der Waals surface area (Å²) in [6.07, 6.45) is -0.894. The molecule has 6 heteroatoms. The highest BCUT2D eigenvalue weighted by Gasteiger charge is 2.48. The summed E-state index contributed by atoms with van der Waals surface area (Å²) in [6.45, 7) is 0. The first kappa shape index (κ1) is 12.2. The standard InChI is InChI=1S/C11H9ClF3NO/c12-8-3-7(13)1-2-9(8)16-10(17)6-4-11(14,15)5-6/h1-3,6H,4-5H2,(H,16,17). The van der Waals surface area contributed by atoms with Gasteiger partial charge in [0.2, 0.25) is 11.8 Å². The van der Waals surface area contributed by atoms with E-state index in [1.54, 1.807) is 0 Å². The largest absolute Gasteiger partial charge is 0.325 e. The molecule has 0 radical (unpaired) electrons. The summed E-state index contributed by atoms with van der Waals surface area (Å²) < 4.78 is 37.9. The van der Waals surface area contributed by atoms with Crippen LogP contribution < -0.4 is 5.32 Å². The second-order valence-electron chi connectivity index (χ2n) is 4.07. The molecule has 0 aliphatic heterocycles. The molecule has 2 rings (SSSR count). The lowest BCUT2D eigenvalue weighted by Crippen LogP contribution is -2.42. The molecule has 0 atom stereocenters. The van der Waals surface area contributed by atoms with Gasteiger partial charge >= 0.3 is 0 Å². The number of anilines is 1. The van der Waals surface area contributed by atoms with E-state index >= 15 is 0 Å². The van der Waals surface area contributed by atoms with Crippen LogP contribution in [-0.4, -0.2) is 11.8 Å². The van der Waals surface area contributed by atoms with Crippen LogP contribution in [0.3, 0.4) is 0 Å². The maximum atomic E-state index is 12.7. The van der Waals surface area contributed by atoms with Gasteiger partial charge in [0.1, 0.15) is 5.82 Å². The first-order valence-corrected chi connectivity index (χ1v) is 5.39. The zero-order valence-electron chi connectivity index (χ0n) is 8.64. The molecule has 0 aromatic heterocycles. The van der Waals surface area contributed by atoms with Crippen LogP contribution in [0, 0.1) is 11.7 Å². The van der Waals surface area contributed by atoms with Gasteiger partial charge in [0, 0.05) is 18.8 Å². The first-order chi connectivity index (χ1) is 7.87. The van der Waals surface area contributed by atoms with Crippen molar-refractivity contribution in [2.45, 2.75) is 18.8 Å². The minimum atomic E-state index is -2.74. The van der Waals surface area contributed by atoms with E-state index in [9.17, 15) is 18.0 Å². The smallest absolute Gasteiger partial charge is 0.249 e. The van der Waals surface area contributed by atoms with E-state index < -0.39 is 36.4 Å². The van der Waals surface area contributed by atoms with Crippen molar-refractivity contribution in [3.63, 3.8) is 0 Å². The zero-order valence-corrected chi connectivity index (χ0v) is 9.40.